The first-order chi connectivity index (χ1) is 21.5. The van der Waals surface area contributed by atoms with Gasteiger partial charge < -0.3 is 16.4 Å². The van der Waals surface area contributed by atoms with Gasteiger partial charge in [-0.3, -0.25) is 14.3 Å². The van der Waals surface area contributed by atoms with Crippen molar-refractivity contribution in [3.8, 4) is 28.3 Å². The number of nitrogens with two attached hydrogens (primary N) is 1. The van der Waals surface area contributed by atoms with E-state index in [-0.39, 0.29) is 5.91 Å². The van der Waals surface area contributed by atoms with Gasteiger partial charge in [-0.25, -0.2) is 15.0 Å². The summed E-state index contributed by atoms with van der Waals surface area (Å²) in [6.45, 7) is 14.8. The largest absolute Gasteiger partial charge is 0.383 e. The van der Waals surface area contributed by atoms with Crippen LogP contribution in [-0.4, -0.2) is 56.5 Å². The Hall–Kier alpha value is -4.60. The third kappa shape index (κ3) is 7.86. The molecule has 6 rings (SSSR count). The van der Waals surface area contributed by atoms with Crippen LogP contribution in [0.25, 0.3) is 39.5 Å². The van der Waals surface area contributed by atoms with Crippen molar-refractivity contribution in [2.75, 3.05) is 37.2 Å². The van der Waals surface area contributed by atoms with Crippen LogP contribution in [0.2, 0.25) is 0 Å². The van der Waals surface area contributed by atoms with Gasteiger partial charge in [0.05, 0.1) is 11.3 Å². The highest BCUT2D eigenvalue weighted by Gasteiger charge is 2.19. The number of nitrogens with zero attached hydrogens (tertiary/aromatic N) is 5. The zero-order valence-electron chi connectivity index (χ0n) is 26.5. The number of amides is 1. The second-order valence-corrected chi connectivity index (χ2v) is 10.4. The number of rotatable bonds is 6. The number of imidazole rings is 1. The fourth-order valence-electron chi connectivity index (χ4n) is 4.99. The lowest BCUT2D eigenvalue weighted by Crippen LogP contribution is -2.42. The molecule has 0 unspecified atom stereocenters. The molecule has 2 aromatic carbocycles. The smallest absolute Gasteiger partial charge is 0.221 e. The molecule has 1 saturated heterocycles. The SMILES string of the molecule is CC.CC(=O)Nc1cccc(-c2ccc3nc(-c4cccnc4N)n(-c4ccc(CN5CCNCC5)cc4)c3n2)c1.CCC. The summed E-state index contributed by atoms with van der Waals surface area (Å²) in [6, 6.07) is 23.9. The quantitative estimate of drug-likeness (QED) is 0.205. The highest BCUT2D eigenvalue weighted by molar-refractivity contribution is 5.90. The maximum atomic E-state index is 11.6. The first-order valence-electron chi connectivity index (χ1n) is 15.5. The number of hydrogen-bond donors (Lipinski definition) is 3. The molecule has 5 aromatic rings. The molecule has 0 radical (unpaired) electrons. The summed E-state index contributed by atoms with van der Waals surface area (Å²) in [5.74, 6) is 0.974. The number of pyridine rings is 2. The second-order valence-electron chi connectivity index (χ2n) is 10.4. The van der Waals surface area contributed by atoms with E-state index in [9.17, 15) is 4.79 Å². The lowest BCUT2D eigenvalue weighted by molar-refractivity contribution is -0.114. The summed E-state index contributed by atoms with van der Waals surface area (Å²) in [5, 5.41) is 6.25. The van der Waals surface area contributed by atoms with Gasteiger partial charge in [0.2, 0.25) is 5.91 Å². The standard InChI is InChI=1S/C30H30N8O.C3H8.C2H6/c1-20(39)34-23-5-2-4-22(18-23)26-11-12-27-30(35-26)38(29(36-27)25-6-3-13-33-28(25)31)24-9-7-21(8-10-24)19-37-16-14-32-15-17-37;1-3-2;1-2/h2-13,18,32H,14-17,19H2,1H3,(H2,31,33)(H,34,39);3H2,1-2H3;1-2H3. The maximum Gasteiger partial charge on any atom is 0.221 e. The second kappa shape index (κ2) is 15.7. The zero-order valence-corrected chi connectivity index (χ0v) is 26.5. The van der Waals surface area contributed by atoms with E-state index in [0.29, 0.717) is 17.3 Å². The minimum absolute atomic E-state index is 0.118. The van der Waals surface area contributed by atoms with Gasteiger partial charge in [0.25, 0.3) is 0 Å². The van der Waals surface area contributed by atoms with Crippen molar-refractivity contribution < 1.29 is 4.79 Å². The summed E-state index contributed by atoms with van der Waals surface area (Å²) >= 11 is 0. The number of fused-ring (bicyclic) bond motifs is 1. The Morgan fingerprint density at radius 1 is 0.955 bits per heavy atom. The van der Waals surface area contributed by atoms with E-state index in [0.717, 1.165) is 66.4 Å². The number of aromatic nitrogens is 4. The van der Waals surface area contributed by atoms with Crippen LogP contribution in [0.3, 0.4) is 0 Å². The van der Waals surface area contributed by atoms with Crippen LogP contribution < -0.4 is 16.4 Å². The van der Waals surface area contributed by atoms with Gasteiger partial charge in [-0.15, -0.1) is 0 Å². The first kappa shape index (κ1) is 32.3. The molecule has 0 spiro atoms. The summed E-state index contributed by atoms with van der Waals surface area (Å²) < 4.78 is 2.04. The minimum atomic E-state index is -0.118. The third-order valence-corrected chi connectivity index (χ3v) is 6.87. The molecule has 3 aromatic heterocycles. The average Bonchev–Trinajstić information content (AvgIpc) is 3.42. The lowest BCUT2D eigenvalue weighted by atomic mass is 10.1. The van der Waals surface area contributed by atoms with E-state index in [1.807, 2.05) is 66.9 Å². The number of carbonyl (C=O) groups excluding carboxylic acids is 1. The van der Waals surface area contributed by atoms with Gasteiger partial charge in [0.15, 0.2) is 11.5 Å². The molecule has 1 amide bonds. The van der Waals surface area contributed by atoms with Crippen LogP contribution in [0.1, 0.15) is 46.6 Å². The summed E-state index contributed by atoms with van der Waals surface area (Å²) in [7, 11) is 0. The van der Waals surface area contributed by atoms with Crippen molar-refractivity contribution in [1.82, 2.24) is 29.7 Å². The fourth-order valence-corrected chi connectivity index (χ4v) is 4.99. The average molecular weight is 593 g/mol. The summed E-state index contributed by atoms with van der Waals surface area (Å²) in [4.78, 5) is 28.3. The number of anilines is 2. The van der Waals surface area contributed by atoms with Crippen molar-refractivity contribution in [2.45, 2.75) is 47.6 Å². The first-order valence-corrected chi connectivity index (χ1v) is 15.5. The Kier molecular flexibility index (Phi) is 11.6. The molecule has 9 nitrogen and oxygen atoms in total. The number of nitrogen functional groups attached to an aromatic ring is 1. The number of nitrogens with one attached hydrogen (secondary N) is 2. The molecular formula is C35H44N8O. The lowest BCUT2D eigenvalue weighted by Gasteiger charge is -2.27. The third-order valence-electron chi connectivity index (χ3n) is 6.87. The van der Waals surface area contributed by atoms with E-state index in [2.05, 4.69) is 58.6 Å². The van der Waals surface area contributed by atoms with Crippen LogP contribution in [0.4, 0.5) is 11.5 Å². The van der Waals surface area contributed by atoms with Crippen LogP contribution in [0, 0.1) is 0 Å². The number of piperazine rings is 1. The molecule has 4 N–H and O–H groups in total. The summed E-state index contributed by atoms with van der Waals surface area (Å²) in [6.07, 6.45) is 2.93. The molecule has 4 heterocycles. The van der Waals surface area contributed by atoms with Gasteiger partial charge in [0, 0.05) is 62.8 Å². The zero-order chi connectivity index (χ0) is 31.5. The van der Waals surface area contributed by atoms with E-state index >= 15 is 0 Å². The fraction of sp³-hybridized carbons (Fsp3) is 0.314. The van der Waals surface area contributed by atoms with E-state index in [4.69, 9.17) is 15.7 Å². The van der Waals surface area contributed by atoms with Gasteiger partial charge in [-0.2, -0.15) is 0 Å². The van der Waals surface area contributed by atoms with Crippen molar-refractivity contribution in [1.29, 1.82) is 0 Å². The highest BCUT2D eigenvalue weighted by atomic mass is 16.1. The van der Waals surface area contributed by atoms with Crippen LogP contribution >= 0.6 is 0 Å². The van der Waals surface area contributed by atoms with Gasteiger partial charge in [-0.05, 0) is 54.1 Å². The maximum absolute atomic E-state index is 11.6. The Morgan fingerprint density at radius 2 is 1.68 bits per heavy atom. The number of hydrogen-bond acceptors (Lipinski definition) is 7. The molecule has 1 fully saturated rings. The molecule has 1 aliphatic rings. The normalized spacial score (nSPS) is 12.9. The minimum Gasteiger partial charge on any atom is -0.383 e. The molecule has 0 saturated carbocycles. The highest BCUT2D eigenvalue weighted by Crippen LogP contribution is 2.32. The van der Waals surface area contributed by atoms with Crippen molar-refractivity contribution in [3.05, 3.63) is 84.6 Å². The molecule has 0 aliphatic carbocycles. The summed E-state index contributed by atoms with van der Waals surface area (Å²) in [5.41, 5.74) is 13.1. The Labute approximate surface area is 260 Å². The molecule has 44 heavy (non-hydrogen) atoms. The van der Waals surface area contributed by atoms with Gasteiger partial charge >= 0.3 is 0 Å². The Bertz CT molecular complexity index is 1660. The van der Waals surface area contributed by atoms with Gasteiger partial charge in [0.1, 0.15) is 11.3 Å². The van der Waals surface area contributed by atoms with E-state index in [1.54, 1.807) is 6.20 Å². The van der Waals surface area contributed by atoms with Crippen LogP contribution in [-0.2, 0) is 11.3 Å². The number of benzene rings is 2. The van der Waals surface area contributed by atoms with E-state index in [1.165, 1.54) is 18.9 Å². The van der Waals surface area contributed by atoms with E-state index < -0.39 is 0 Å². The molecule has 0 bridgehead atoms. The Morgan fingerprint density at radius 3 is 2.36 bits per heavy atom. The molecular weight excluding hydrogens is 548 g/mol. The molecule has 1 aliphatic heterocycles. The molecule has 9 heteroatoms. The number of carbonyl (C=O) groups is 1. The van der Waals surface area contributed by atoms with Crippen LogP contribution in [0.5, 0.6) is 0 Å². The van der Waals surface area contributed by atoms with Gasteiger partial charge in [-0.1, -0.05) is 58.4 Å². The predicted octanol–water partition coefficient (Wildman–Crippen LogP) is 6.54. The Balaban J connectivity index is 0.000000834. The van der Waals surface area contributed by atoms with Crippen molar-refractivity contribution in [3.63, 3.8) is 0 Å². The van der Waals surface area contributed by atoms with Crippen LogP contribution in [0.15, 0.2) is 79.0 Å². The monoisotopic (exact) mass is 592 g/mol. The molecule has 0 atom stereocenters. The topological polar surface area (TPSA) is 114 Å². The van der Waals surface area contributed by atoms with Crippen molar-refractivity contribution in [2.24, 2.45) is 0 Å². The predicted molar refractivity (Wildman–Crippen MR) is 182 cm³/mol. The van der Waals surface area contributed by atoms with Crippen molar-refractivity contribution >= 4 is 28.6 Å². The molecule has 230 valence electrons.